The number of aromatic nitrogens is 2. The molecular weight excluding hydrogens is 264 g/mol. The van der Waals surface area contributed by atoms with Gasteiger partial charge in [-0.2, -0.15) is 4.98 Å². The third-order valence-electron chi connectivity index (χ3n) is 4.23. The van der Waals surface area contributed by atoms with E-state index in [-0.39, 0.29) is 11.6 Å². The second-order valence-corrected chi connectivity index (χ2v) is 5.75. The van der Waals surface area contributed by atoms with Gasteiger partial charge in [-0.05, 0) is 39.3 Å². The molecule has 1 aliphatic rings. The van der Waals surface area contributed by atoms with Gasteiger partial charge in [-0.1, -0.05) is 12.1 Å². The lowest BCUT2D eigenvalue weighted by Gasteiger charge is -2.30. The summed E-state index contributed by atoms with van der Waals surface area (Å²) in [6.45, 7) is 7.92. The number of fused-ring (bicyclic) bond motifs is 1. The number of hydrogen-bond donors (Lipinski definition) is 2. The van der Waals surface area contributed by atoms with Gasteiger partial charge >= 0.3 is 0 Å². The van der Waals surface area contributed by atoms with Crippen LogP contribution < -0.4 is 10.6 Å². The maximum absolute atomic E-state index is 5.71. The van der Waals surface area contributed by atoms with E-state index >= 15 is 0 Å². The van der Waals surface area contributed by atoms with Gasteiger partial charge in [-0.25, -0.2) is 4.98 Å². The Kier molecular flexibility index (Phi) is 3.68. The number of anilines is 2. The molecule has 112 valence electrons. The molecular formula is C16H22N4O. The predicted molar refractivity (Wildman–Crippen MR) is 85.8 cm³/mol. The van der Waals surface area contributed by atoms with E-state index < -0.39 is 0 Å². The van der Waals surface area contributed by atoms with Gasteiger partial charge in [-0.15, -0.1) is 0 Å². The molecule has 0 saturated carbocycles. The molecule has 5 heteroatoms. The molecule has 1 aliphatic heterocycles. The molecule has 3 rings (SSSR count). The van der Waals surface area contributed by atoms with Crippen LogP contribution in [0.4, 0.5) is 11.8 Å². The minimum atomic E-state index is -0.0966. The van der Waals surface area contributed by atoms with Crippen molar-refractivity contribution in [1.82, 2.24) is 9.97 Å². The normalized spacial score (nSPS) is 25.2. The van der Waals surface area contributed by atoms with Crippen LogP contribution in [-0.4, -0.2) is 34.8 Å². The van der Waals surface area contributed by atoms with E-state index in [2.05, 4.69) is 40.5 Å². The van der Waals surface area contributed by atoms with Crippen molar-refractivity contribution in [1.29, 1.82) is 0 Å². The third kappa shape index (κ3) is 2.65. The van der Waals surface area contributed by atoms with Crippen LogP contribution >= 0.6 is 0 Å². The molecule has 2 heterocycles. The first kappa shape index (κ1) is 14.1. The zero-order valence-electron chi connectivity index (χ0n) is 12.8. The molecule has 0 bridgehead atoms. The molecule has 1 fully saturated rings. The van der Waals surface area contributed by atoms with Crippen LogP contribution in [0, 0.1) is 0 Å². The molecule has 0 spiro atoms. The Balaban J connectivity index is 2.03. The Morgan fingerprint density at radius 1 is 1.33 bits per heavy atom. The predicted octanol–water partition coefficient (Wildman–Crippen LogP) is 3.04. The zero-order chi connectivity index (χ0) is 14.9. The van der Waals surface area contributed by atoms with E-state index in [4.69, 9.17) is 4.74 Å². The molecule has 1 aromatic heterocycles. The first-order valence-electron chi connectivity index (χ1n) is 7.53. The average Bonchev–Trinajstić information content (AvgIpc) is 2.79. The maximum Gasteiger partial charge on any atom is 0.225 e. The molecule has 21 heavy (non-hydrogen) atoms. The van der Waals surface area contributed by atoms with Gasteiger partial charge in [0.15, 0.2) is 0 Å². The van der Waals surface area contributed by atoms with Crippen molar-refractivity contribution in [2.45, 2.75) is 38.8 Å². The van der Waals surface area contributed by atoms with Crippen molar-refractivity contribution in [3.63, 3.8) is 0 Å². The van der Waals surface area contributed by atoms with Crippen LogP contribution in [0.25, 0.3) is 10.9 Å². The van der Waals surface area contributed by atoms with E-state index in [0.29, 0.717) is 5.95 Å². The molecule has 1 saturated heterocycles. The molecule has 2 aromatic rings. The molecule has 2 atom stereocenters. The molecule has 2 unspecified atom stereocenters. The van der Waals surface area contributed by atoms with E-state index in [1.165, 1.54) is 0 Å². The number of rotatable bonds is 4. The number of nitrogens with one attached hydrogen (secondary N) is 2. The van der Waals surface area contributed by atoms with E-state index in [0.717, 1.165) is 36.3 Å². The second kappa shape index (κ2) is 5.48. The van der Waals surface area contributed by atoms with Gasteiger partial charge in [0, 0.05) is 18.5 Å². The van der Waals surface area contributed by atoms with Gasteiger partial charge < -0.3 is 15.4 Å². The lowest BCUT2D eigenvalue weighted by Crippen LogP contribution is -2.41. The molecule has 2 N–H and O–H groups in total. The highest BCUT2D eigenvalue weighted by Gasteiger charge is 2.37. The highest BCUT2D eigenvalue weighted by molar-refractivity contribution is 5.90. The summed E-state index contributed by atoms with van der Waals surface area (Å²) in [4.78, 5) is 9.19. The first-order valence-corrected chi connectivity index (χ1v) is 7.53. The lowest BCUT2D eigenvalue weighted by atomic mass is 9.94. The third-order valence-corrected chi connectivity index (χ3v) is 4.23. The summed E-state index contributed by atoms with van der Waals surface area (Å²) >= 11 is 0. The molecule has 1 aromatic carbocycles. The number of hydrogen-bond acceptors (Lipinski definition) is 5. The van der Waals surface area contributed by atoms with Gasteiger partial charge in [0.2, 0.25) is 5.95 Å². The van der Waals surface area contributed by atoms with E-state index in [9.17, 15) is 0 Å². The zero-order valence-corrected chi connectivity index (χ0v) is 12.8. The van der Waals surface area contributed by atoms with Crippen LogP contribution in [0.1, 0.15) is 27.2 Å². The van der Waals surface area contributed by atoms with E-state index in [1.807, 2.05) is 25.1 Å². The Labute approximate surface area is 125 Å². The van der Waals surface area contributed by atoms with Gasteiger partial charge in [0.05, 0.1) is 17.2 Å². The van der Waals surface area contributed by atoms with Crippen molar-refractivity contribution >= 4 is 22.7 Å². The number of nitrogens with zero attached hydrogens (tertiary/aromatic N) is 2. The summed E-state index contributed by atoms with van der Waals surface area (Å²) in [5.41, 5.74) is 0.849. The van der Waals surface area contributed by atoms with Crippen molar-refractivity contribution in [2.75, 3.05) is 23.8 Å². The SMILES string of the molecule is CCNc1nc(NC2(C)CCOC2C)c2ccccc2n1. The number of ether oxygens (including phenoxy) is 1. The minimum absolute atomic E-state index is 0.0966. The number of para-hydroxylation sites is 1. The van der Waals surface area contributed by atoms with Crippen molar-refractivity contribution in [3.05, 3.63) is 24.3 Å². The van der Waals surface area contributed by atoms with Crippen LogP contribution in [0.2, 0.25) is 0 Å². The van der Waals surface area contributed by atoms with Gasteiger partial charge in [0.1, 0.15) is 5.82 Å². The van der Waals surface area contributed by atoms with Crippen LogP contribution in [0.3, 0.4) is 0 Å². The Bertz CT molecular complexity index is 645. The molecule has 5 nitrogen and oxygen atoms in total. The van der Waals surface area contributed by atoms with Crippen molar-refractivity contribution in [2.24, 2.45) is 0 Å². The second-order valence-electron chi connectivity index (χ2n) is 5.75. The Hall–Kier alpha value is -1.88. The fourth-order valence-electron chi connectivity index (χ4n) is 2.68. The van der Waals surface area contributed by atoms with Crippen LogP contribution in [0.15, 0.2) is 24.3 Å². The lowest BCUT2D eigenvalue weighted by molar-refractivity contribution is 0.105. The highest BCUT2D eigenvalue weighted by Crippen LogP contribution is 2.32. The Morgan fingerprint density at radius 3 is 2.86 bits per heavy atom. The topological polar surface area (TPSA) is 59.1 Å². The fourth-order valence-corrected chi connectivity index (χ4v) is 2.68. The fraction of sp³-hybridized carbons (Fsp3) is 0.500. The summed E-state index contributed by atoms with van der Waals surface area (Å²) in [5.74, 6) is 1.53. The standard InChI is InChI=1S/C16H22N4O/c1-4-17-15-18-13-8-6-5-7-12(13)14(19-15)20-16(3)9-10-21-11(16)2/h5-8,11H,4,9-10H2,1-3H3,(H2,17,18,19,20). The molecule has 0 amide bonds. The van der Waals surface area contributed by atoms with Crippen LogP contribution in [-0.2, 0) is 4.74 Å². The largest absolute Gasteiger partial charge is 0.376 e. The van der Waals surface area contributed by atoms with Crippen LogP contribution in [0.5, 0.6) is 0 Å². The summed E-state index contributed by atoms with van der Waals surface area (Å²) in [6, 6.07) is 8.08. The molecule has 0 radical (unpaired) electrons. The van der Waals surface area contributed by atoms with Crippen molar-refractivity contribution < 1.29 is 4.74 Å². The quantitative estimate of drug-likeness (QED) is 0.904. The highest BCUT2D eigenvalue weighted by atomic mass is 16.5. The summed E-state index contributed by atoms with van der Waals surface area (Å²) in [6.07, 6.45) is 1.14. The Morgan fingerprint density at radius 2 is 2.14 bits per heavy atom. The average molecular weight is 286 g/mol. The van der Waals surface area contributed by atoms with Gasteiger partial charge in [0.25, 0.3) is 0 Å². The maximum atomic E-state index is 5.71. The minimum Gasteiger partial charge on any atom is -0.376 e. The van der Waals surface area contributed by atoms with E-state index in [1.54, 1.807) is 0 Å². The summed E-state index contributed by atoms with van der Waals surface area (Å²) in [5, 5.41) is 7.83. The van der Waals surface area contributed by atoms with Gasteiger partial charge in [-0.3, -0.25) is 0 Å². The summed E-state index contributed by atoms with van der Waals surface area (Å²) < 4.78 is 5.71. The monoisotopic (exact) mass is 286 g/mol. The summed E-state index contributed by atoms with van der Waals surface area (Å²) in [7, 11) is 0. The number of benzene rings is 1. The first-order chi connectivity index (χ1) is 10.1. The smallest absolute Gasteiger partial charge is 0.225 e. The molecule has 0 aliphatic carbocycles. The van der Waals surface area contributed by atoms with Crippen molar-refractivity contribution in [3.8, 4) is 0 Å².